The number of carbonyl (C=O) groups is 1. The number of aliphatic carboxylic acids is 1. The summed E-state index contributed by atoms with van der Waals surface area (Å²) in [6.07, 6.45) is 2.86. The third-order valence-electron chi connectivity index (χ3n) is 3.98. The third-order valence-corrected chi connectivity index (χ3v) is 3.98. The monoisotopic (exact) mass is 256 g/mol. The molecule has 5 heteroatoms. The molecule has 18 heavy (non-hydrogen) atoms. The zero-order valence-corrected chi connectivity index (χ0v) is 11.3. The molecule has 5 nitrogen and oxygen atoms in total. The summed E-state index contributed by atoms with van der Waals surface area (Å²) in [6.45, 7) is 7.15. The summed E-state index contributed by atoms with van der Waals surface area (Å²) >= 11 is 0. The molecule has 0 aromatic carbocycles. The standard InChI is InChI=1S/C13H24N2O3/c1-10-9-18-8-7-15(10)6-5-13(2,12(16)17)14-11-3-4-11/h10-11,14H,3-9H2,1-2H3,(H,16,17). The normalized spacial score (nSPS) is 28.9. The molecule has 2 aliphatic rings. The Bertz CT molecular complexity index is 307. The number of morpholine rings is 1. The van der Waals surface area contributed by atoms with Crippen molar-refractivity contribution in [3.8, 4) is 0 Å². The molecule has 2 unspecified atom stereocenters. The van der Waals surface area contributed by atoms with Gasteiger partial charge in [-0.2, -0.15) is 0 Å². The number of carboxylic acids is 1. The summed E-state index contributed by atoms with van der Waals surface area (Å²) in [5.41, 5.74) is -0.792. The van der Waals surface area contributed by atoms with E-state index in [1.165, 1.54) is 0 Å². The highest BCUT2D eigenvalue weighted by Crippen LogP contribution is 2.24. The average molecular weight is 256 g/mol. The zero-order valence-electron chi connectivity index (χ0n) is 11.3. The third kappa shape index (κ3) is 3.43. The number of carboxylic acid groups (broad SMARTS) is 1. The highest BCUT2D eigenvalue weighted by Gasteiger charge is 2.38. The first kappa shape index (κ1) is 13.8. The first-order valence-electron chi connectivity index (χ1n) is 6.84. The molecule has 0 amide bonds. The van der Waals surface area contributed by atoms with Crippen molar-refractivity contribution < 1.29 is 14.6 Å². The average Bonchev–Trinajstić information content (AvgIpc) is 3.11. The van der Waals surface area contributed by atoms with Crippen molar-refractivity contribution in [2.45, 2.75) is 50.7 Å². The van der Waals surface area contributed by atoms with Crippen LogP contribution in [0.15, 0.2) is 0 Å². The van der Waals surface area contributed by atoms with Crippen molar-refractivity contribution in [2.24, 2.45) is 0 Å². The smallest absolute Gasteiger partial charge is 0.323 e. The van der Waals surface area contributed by atoms with Crippen molar-refractivity contribution in [3.05, 3.63) is 0 Å². The van der Waals surface area contributed by atoms with Gasteiger partial charge in [0, 0.05) is 25.2 Å². The van der Waals surface area contributed by atoms with Crippen molar-refractivity contribution in [2.75, 3.05) is 26.3 Å². The maximum Gasteiger partial charge on any atom is 0.323 e. The van der Waals surface area contributed by atoms with Crippen molar-refractivity contribution in [1.82, 2.24) is 10.2 Å². The van der Waals surface area contributed by atoms with Crippen molar-refractivity contribution in [3.63, 3.8) is 0 Å². The lowest BCUT2D eigenvalue weighted by atomic mass is 9.97. The topological polar surface area (TPSA) is 61.8 Å². The summed E-state index contributed by atoms with van der Waals surface area (Å²) < 4.78 is 5.39. The molecule has 2 N–H and O–H groups in total. The number of nitrogens with one attached hydrogen (secondary N) is 1. The van der Waals surface area contributed by atoms with Crippen LogP contribution >= 0.6 is 0 Å². The first-order valence-corrected chi connectivity index (χ1v) is 6.84. The summed E-state index contributed by atoms with van der Waals surface area (Å²) in [5.74, 6) is -0.740. The van der Waals surface area contributed by atoms with Gasteiger partial charge in [-0.1, -0.05) is 0 Å². The van der Waals surface area contributed by atoms with E-state index in [0.717, 1.165) is 39.1 Å². The fourth-order valence-corrected chi connectivity index (χ4v) is 2.38. The Morgan fingerprint density at radius 1 is 1.56 bits per heavy atom. The summed E-state index contributed by atoms with van der Waals surface area (Å²) in [5, 5.41) is 12.7. The minimum absolute atomic E-state index is 0.387. The molecule has 1 saturated heterocycles. The Morgan fingerprint density at radius 3 is 2.83 bits per heavy atom. The van der Waals surface area contributed by atoms with E-state index in [0.29, 0.717) is 18.5 Å². The fourth-order valence-electron chi connectivity index (χ4n) is 2.38. The van der Waals surface area contributed by atoms with Gasteiger partial charge in [0.1, 0.15) is 5.54 Å². The van der Waals surface area contributed by atoms with Gasteiger partial charge in [0.25, 0.3) is 0 Å². The van der Waals surface area contributed by atoms with E-state index in [4.69, 9.17) is 4.74 Å². The summed E-state index contributed by atoms with van der Waals surface area (Å²) in [6, 6.07) is 0.797. The van der Waals surface area contributed by atoms with E-state index in [1.54, 1.807) is 6.92 Å². The lowest BCUT2D eigenvalue weighted by Gasteiger charge is -2.36. The lowest BCUT2D eigenvalue weighted by Crippen LogP contribution is -2.54. The van der Waals surface area contributed by atoms with Gasteiger partial charge >= 0.3 is 5.97 Å². The molecular formula is C13H24N2O3. The Labute approximate surface area is 108 Å². The Balaban J connectivity index is 1.86. The van der Waals surface area contributed by atoms with Gasteiger partial charge in [-0.3, -0.25) is 15.0 Å². The van der Waals surface area contributed by atoms with E-state index in [2.05, 4.69) is 17.1 Å². The molecule has 1 aliphatic carbocycles. The maximum atomic E-state index is 11.4. The van der Waals surface area contributed by atoms with Crippen molar-refractivity contribution >= 4 is 5.97 Å². The van der Waals surface area contributed by atoms with Crippen molar-refractivity contribution in [1.29, 1.82) is 0 Å². The number of hydrogen-bond donors (Lipinski definition) is 2. The molecule has 104 valence electrons. The lowest BCUT2D eigenvalue weighted by molar-refractivity contribution is -0.145. The number of nitrogens with zero attached hydrogens (tertiary/aromatic N) is 1. The zero-order chi connectivity index (χ0) is 13.2. The molecular weight excluding hydrogens is 232 g/mol. The van der Waals surface area contributed by atoms with E-state index >= 15 is 0 Å². The van der Waals surface area contributed by atoms with Crippen LogP contribution in [0.1, 0.15) is 33.1 Å². The fraction of sp³-hybridized carbons (Fsp3) is 0.923. The van der Waals surface area contributed by atoms with E-state index in [9.17, 15) is 9.90 Å². The predicted octanol–water partition coefficient (Wildman–Crippen LogP) is 0.693. The number of rotatable bonds is 6. The Hall–Kier alpha value is -0.650. The van der Waals surface area contributed by atoms with E-state index in [-0.39, 0.29) is 0 Å². The molecule has 1 heterocycles. The minimum atomic E-state index is -0.792. The van der Waals surface area contributed by atoms with Crippen LogP contribution < -0.4 is 5.32 Å². The van der Waals surface area contributed by atoms with E-state index < -0.39 is 11.5 Å². The molecule has 2 atom stereocenters. The van der Waals surface area contributed by atoms with Gasteiger partial charge in [0.2, 0.25) is 0 Å². The summed E-state index contributed by atoms with van der Waals surface area (Å²) in [4.78, 5) is 13.8. The molecule has 2 fully saturated rings. The predicted molar refractivity (Wildman–Crippen MR) is 68.7 cm³/mol. The van der Waals surface area contributed by atoms with Gasteiger partial charge in [-0.25, -0.2) is 0 Å². The molecule has 1 aliphatic heterocycles. The SMILES string of the molecule is CC1COCCN1CCC(C)(NC1CC1)C(=O)O. The molecule has 0 aromatic heterocycles. The highest BCUT2D eigenvalue weighted by molar-refractivity contribution is 5.78. The second kappa shape index (κ2) is 5.55. The molecule has 1 saturated carbocycles. The van der Waals surface area contributed by atoms with Crippen LogP contribution in [0.3, 0.4) is 0 Å². The number of hydrogen-bond acceptors (Lipinski definition) is 4. The minimum Gasteiger partial charge on any atom is -0.480 e. The second-order valence-electron chi connectivity index (χ2n) is 5.77. The van der Waals surface area contributed by atoms with Crippen LogP contribution in [-0.2, 0) is 9.53 Å². The van der Waals surface area contributed by atoms with Crippen LogP contribution in [0.2, 0.25) is 0 Å². The summed E-state index contributed by atoms with van der Waals surface area (Å²) in [7, 11) is 0. The van der Waals surface area contributed by atoms with Gasteiger partial charge < -0.3 is 9.84 Å². The van der Waals surface area contributed by atoms with Gasteiger partial charge in [-0.15, -0.1) is 0 Å². The quantitative estimate of drug-likeness (QED) is 0.732. The highest BCUT2D eigenvalue weighted by atomic mass is 16.5. The molecule has 0 radical (unpaired) electrons. The van der Waals surface area contributed by atoms with Gasteiger partial charge in [0.15, 0.2) is 0 Å². The maximum absolute atomic E-state index is 11.4. The first-order chi connectivity index (χ1) is 8.51. The van der Waals surface area contributed by atoms with Crippen LogP contribution in [0, 0.1) is 0 Å². The van der Waals surface area contributed by atoms with Crippen LogP contribution in [-0.4, -0.2) is 59.9 Å². The van der Waals surface area contributed by atoms with Gasteiger partial charge in [-0.05, 0) is 33.1 Å². The molecule has 2 rings (SSSR count). The Morgan fingerprint density at radius 2 is 2.28 bits per heavy atom. The van der Waals surface area contributed by atoms with E-state index in [1.807, 2.05) is 0 Å². The van der Waals surface area contributed by atoms with Crippen LogP contribution in [0.5, 0.6) is 0 Å². The second-order valence-corrected chi connectivity index (χ2v) is 5.77. The van der Waals surface area contributed by atoms with Crippen LogP contribution in [0.4, 0.5) is 0 Å². The molecule has 0 aromatic rings. The molecule has 0 spiro atoms. The largest absolute Gasteiger partial charge is 0.480 e. The number of ether oxygens (including phenoxy) is 1. The van der Waals surface area contributed by atoms with Gasteiger partial charge in [0.05, 0.1) is 13.2 Å². The van der Waals surface area contributed by atoms with Crippen LogP contribution in [0.25, 0.3) is 0 Å². The molecule has 0 bridgehead atoms. The Kier molecular flexibility index (Phi) is 4.25.